The molecular weight excluding hydrogens is 269 g/mol. The van der Waals surface area contributed by atoms with Gasteiger partial charge in [0.2, 0.25) is 5.28 Å². The molecule has 0 fully saturated rings. The highest BCUT2D eigenvalue weighted by Crippen LogP contribution is 2.37. The fraction of sp³-hybridized carbons (Fsp3) is 0.0769. The Balaban J connectivity index is 2.09. The first kappa shape index (κ1) is 10.8. The smallest absolute Gasteiger partial charge is 0.223 e. The lowest BCUT2D eigenvalue weighted by Crippen LogP contribution is -2.13. The Bertz CT molecular complexity index is 815. The minimum absolute atomic E-state index is 0.140. The zero-order valence-electron chi connectivity index (χ0n) is 9.60. The number of aromatic nitrogens is 3. The Labute approximate surface area is 112 Å². The third-order valence-corrected chi connectivity index (χ3v) is 3.39. The van der Waals surface area contributed by atoms with Gasteiger partial charge in [0.15, 0.2) is 12.5 Å². The Morgan fingerprint density at radius 2 is 2.26 bits per heavy atom. The van der Waals surface area contributed by atoms with E-state index in [9.17, 15) is 4.39 Å². The van der Waals surface area contributed by atoms with Crippen LogP contribution in [-0.2, 0) is 6.73 Å². The van der Waals surface area contributed by atoms with E-state index in [0.717, 1.165) is 11.2 Å². The Hall–Kier alpha value is -2.14. The van der Waals surface area contributed by atoms with Crippen LogP contribution < -0.4 is 4.74 Å². The van der Waals surface area contributed by atoms with E-state index in [0.29, 0.717) is 23.6 Å². The van der Waals surface area contributed by atoms with E-state index in [1.807, 2.05) is 10.6 Å². The minimum Gasteiger partial charge on any atom is -0.469 e. The maximum Gasteiger partial charge on any atom is 0.223 e. The van der Waals surface area contributed by atoms with Crippen molar-refractivity contribution in [3.8, 4) is 17.1 Å². The zero-order chi connectivity index (χ0) is 13.0. The molecule has 1 aliphatic rings. The normalized spacial score (nSPS) is 12.9. The number of nitrogens with zero attached hydrogens (tertiary/aromatic N) is 3. The van der Waals surface area contributed by atoms with Crippen molar-refractivity contribution in [2.24, 2.45) is 0 Å². The molecule has 3 aromatic rings. The molecule has 1 aromatic carbocycles. The molecule has 0 atom stereocenters. The second-order valence-electron chi connectivity index (χ2n) is 4.26. The summed E-state index contributed by atoms with van der Waals surface area (Å²) in [6.07, 6.45) is 1.53. The van der Waals surface area contributed by atoms with E-state index in [1.54, 1.807) is 12.1 Å². The first-order chi connectivity index (χ1) is 9.24. The van der Waals surface area contributed by atoms with Crippen molar-refractivity contribution in [2.45, 2.75) is 6.73 Å². The summed E-state index contributed by atoms with van der Waals surface area (Å²) in [4.78, 5) is 8.05. The van der Waals surface area contributed by atoms with Crippen molar-refractivity contribution in [1.29, 1.82) is 0 Å². The summed E-state index contributed by atoms with van der Waals surface area (Å²) in [5.41, 5.74) is 2.14. The van der Waals surface area contributed by atoms with Gasteiger partial charge >= 0.3 is 0 Å². The van der Waals surface area contributed by atoms with Crippen molar-refractivity contribution in [3.05, 3.63) is 41.6 Å². The predicted molar refractivity (Wildman–Crippen MR) is 68.6 cm³/mol. The number of fused-ring (bicyclic) bond motifs is 5. The molecule has 94 valence electrons. The van der Waals surface area contributed by atoms with Gasteiger partial charge in [-0.2, -0.15) is 0 Å². The molecule has 4 nitrogen and oxygen atoms in total. The van der Waals surface area contributed by atoms with Gasteiger partial charge in [-0.15, -0.1) is 0 Å². The lowest BCUT2D eigenvalue weighted by atomic mass is 10.2. The number of hydrogen-bond acceptors (Lipinski definition) is 3. The van der Waals surface area contributed by atoms with Gasteiger partial charge in [-0.1, -0.05) is 6.07 Å². The van der Waals surface area contributed by atoms with Crippen LogP contribution in [0.2, 0.25) is 5.28 Å². The van der Waals surface area contributed by atoms with Crippen LogP contribution in [0.25, 0.3) is 22.3 Å². The predicted octanol–water partition coefficient (Wildman–Crippen LogP) is 3.24. The van der Waals surface area contributed by atoms with Gasteiger partial charge in [0.05, 0.1) is 17.4 Å². The van der Waals surface area contributed by atoms with E-state index >= 15 is 0 Å². The van der Waals surface area contributed by atoms with Crippen LogP contribution in [0.4, 0.5) is 4.39 Å². The lowest BCUT2D eigenvalue weighted by Gasteiger charge is -2.19. The molecule has 4 rings (SSSR count). The molecule has 0 aliphatic carbocycles. The summed E-state index contributed by atoms with van der Waals surface area (Å²) >= 11 is 5.81. The van der Waals surface area contributed by atoms with Crippen molar-refractivity contribution < 1.29 is 9.13 Å². The molecule has 0 N–H and O–H groups in total. The average molecular weight is 276 g/mol. The van der Waals surface area contributed by atoms with Gasteiger partial charge in [-0.05, 0) is 29.8 Å². The molecule has 0 radical (unpaired) electrons. The van der Waals surface area contributed by atoms with Crippen LogP contribution in [0.3, 0.4) is 0 Å². The van der Waals surface area contributed by atoms with Gasteiger partial charge in [-0.3, -0.25) is 0 Å². The highest BCUT2D eigenvalue weighted by atomic mass is 35.5. The Morgan fingerprint density at radius 3 is 3.16 bits per heavy atom. The minimum atomic E-state index is -0.263. The van der Waals surface area contributed by atoms with Gasteiger partial charge in [-0.25, -0.2) is 14.4 Å². The molecule has 1 aliphatic heterocycles. The lowest BCUT2D eigenvalue weighted by molar-refractivity contribution is 0.233. The maximum atomic E-state index is 13.8. The summed E-state index contributed by atoms with van der Waals surface area (Å²) in [5, 5.41) is 0.685. The summed E-state index contributed by atoms with van der Waals surface area (Å²) < 4.78 is 21.2. The first-order valence-corrected chi connectivity index (χ1v) is 6.05. The van der Waals surface area contributed by atoms with Crippen molar-refractivity contribution in [1.82, 2.24) is 14.5 Å². The third kappa shape index (κ3) is 1.45. The molecule has 0 saturated carbocycles. The third-order valence-electron chi connectivity index (χ3n) is 3.21. The van der Waals surface area contributed by atoms with Crippen LogP contribution in [0.5, 0.6) is 5.75 Å². The molecule has 0 unspecified atom stereocenters. The Kier molecular flexibility index (Phi) is 2.08. The number of halogens is 2. The van der Waals surface area contributed by atoms with Crippen LogP contribution in [0, 0.1) is 5.82 Å². The molecular formula is C13H7ClFN3O. The summed E-state index contributed by atoms with van der Waals surface area (Å²) in [6, 6.07) is 6.71. The number of ether oxygens (including phenoxy) is 1. The van der Waals surface area contributed by atoms with Gasteiger partial charge in [0.1, 0.15) is 11.5 Å². The molecule has 6 heteroatoms. The highest BCUT2D eigenvalue weighted by molar-refractivity contribution is 6.28. The number of benzene rings is 1. The maximum absolute atomic E-state index is 13.8. The van der Waals surface area contributed by atoms with Gasteiger partial charge < -0.3 is 9.30 Å². The number of hydrogen-bond donors (Lipinski definition) is 0. The highest BCUT2D eigenvalue weighted by Gasteiger charge is 2.22. The SMILES string of the molecule is Fc1cccc2c1cc1n2COc2cnc(Cl)nc2-1. The van der Waals surface area contributed by atoms with Crippen LogP contribution in [0.15, 0.2) is 30.5 Å². The second kappa shape index (κ2) is 3.68. The first-order valence-electron chi connectivity index (χ1n) is 5.67. The average Bonchev–Trinajstić information content (AvgIpc) is 2.79. The molecule has 0 bridgehead atoms. The molecule has 0 amide bonds. The van der Waals surface area contributed by atoms with Crippen LogP contribution >= 0.6 is 11.6 Å². The van der Waals surface area contributed by atoms with Gasteiger partial charge in [0, 0.05) is 5.39 Å². The zero-order valence-corrected chi connectivity index (χ0v) is 10.4. The van der Waals surface area contributed by atoms with Crippen molar-refractivity contribution in [2.75, 3.05) is 0 Å². The molecule has 2 aromatic heterocycles. The van der Waals surface area contributed by atoms with Crippen LogP contribution in [0.1, 0.15) is 0 Å². The fourth-order valence-corrected chi connectivity index (χ4v) is 2.49. The second-order valence-corrected chi connectivity index (χ2v) is 4.59. The fourth-order valence-electron chi connectivity index (χ4n) is 2.36. The van der Waals surface area contributed by atoms with Gasteiger partial charge in [0.25, 0.3) is 0 Å². The molecule has 19 heavy (non-hydrogen) atoms. The number of rotatable bonds is 0. The van der Waals surface area contributed by atoms with Crippen molar-refractivity contribution >= 4 is 22.5 Å². The standard InChI is InChI=1S/C13H7ClFN3O/c14-13-16-5-11-12(17-13)10-4-7-8(15)2-1-3-9(7)18(10)6-19-11/h1-5H,6H2. The summed E-state index contributed by atoms with van der Waals surface area (Å²) in [6.45, 7) is 0.306. The summed E-state index contributed by atoms with van der Waals surface area (Å²) in [7, 11) is 0. The topological polar surface area (TPSA) is 39.9 Å². The Morgan fingerprint density at radius 1 is 1.37 bits per heavy atom. The van der Waals surface area contributed by atoms with Crippen molar-refractivity contribution in [3.63, 3.8) is 0 Å². The summed E-state index contributed by atoms with van der Waals surface area (Å²) in [5.74, 6) is 0.293. The van der Waals surface area contributed by atoms with E-state index < -0.39 is 0 Å². The molecule has 3 heterocycles. The molecule has 0 spiro atoms. The quantitative estimate of drug-likeness (QED) is 0.591. The van der Waals surface area contributed by atoms with E-state index in [4.69, 9.17) is 16.3 Å². The van der Waals surface area contributed by atoms with E-state index in [2.05, 4.69) is 9.97 Å². The monoisotopic (exact) mass is 275 g/mol. The largest absolute Gasteiger partial charge is 0.469 e. The van der Waals surface area contributed by atoms with E-state index in [1.165, 1.54) is 12.3 Å². The van der Waals surface area contributed by atoms with E-state index in [-0.39, 0.29) is 11.1 Å². The van der Waals surface area contributed by atoms with Crippen LogP contribution in [-0.4, -0.2) is 14.5 Å². The molecule has 0 saturated heterocycles.